The first-order valence-corrected chi connectivity index (χ1v) is 5.11. The molecule has 0 saturated heterocycles. The zero-order valence-electron chi connectivity index (χ0n) is 8.44. The Morgan fingerprint density at radius 3 is 3.00 bits per heavy atom. The number of benzene rings is 1. The Hall–Kier alpha value is -1.32. The topological polar surface area (TPSA) is 29.9 Å². The van der Waals surface area contributed by atoms with E-state index in [1.165, 1.54) is 0 Å². The highest BCUT2D eigenvalue weighted by molar-refractivity contribution is 6.31. The van der Waals surface area contributed by atoms with E-state index in [4.69, 9.17) is 11.6 Å². The summed E-state index contributed by atoms with van der Waals surface area (Å²) in [4.78, 5) is 4.03. The average Bonchev–Trinajstić information content (AvgIpc) is 2.74. The summed E-state index contributed by atoms with van der Waals surface area (Å²) >= 11 is 6.15. The second kappa shape index (κ2) is 4.47. The summed E-state index contributed by atoms with van der Waals surface area (Å²) < 4.78 is 1.96. The average molecular weight is 222 g/mol. The molecule has 4 heteroatoms. The Balaban J connectivity index is 2.51. The summed E-state index contributed by atoms with van der Waals surface area (Å²) in [5.74, 6) is 0. The summed E-state index contributed by atoms with van der Waals surface area (Å²) in [6.45, 7) is 0.743. The van der Waals surface area contributed by atoms with Gasteiger partial charge in [0.2, 0.25) is 0 Å². The van der Waals surface area contributed by atoms with Crippen LogP contribution in [0.25, 0.3) is 5.69 Å². The molecule has 1 aromatic heterocycles. The molecule has 0 atom stereocenters. The molecular formula is C11H12ClN3. The van der Waals surface area contributed by atoms with Gasteiger partial charge in [0.25, 0.3) is 0 Å². The van der Waals surface area contributed by atoms with E-state index in [-0.39, 0.29) is 0 Å². The standard InChI is InChI=1S/C11H12ClN3/c1-13-7-9-10(12)3-2-4-11(9)15-6-5-14-8-15/h2-6,8,13H,7H2,1H3. The monoisotopic (exact) mass is 221 g/mol. The van der Waals surface area contributed by atoms with E-state index in [1.807, 2.05) is 36.0 Å². The van der Waals surface area contributed by atoms with Gasteiger partial charge in [-0.05, 0) is 19.2 Å². The van der Waals surface area contributed by atoms with Crippen molar-refractivity contribution in [3.05, 3.63) is 47.5 Å². The van der Waals surface area contributed by atoms with Crippen molar-refractivity contribution in [3.63, 3.8) is 0 Å². The molecule has 0 unspecified atom stereocenters. The number of aromatic nitrogens is 2. The van der Waals surface area contributed by atoms with E-state index in [0.29, 0.717) is 0 Å². The number of imidazole rings is 1. The van der Waals surface area contributed by atoms with Crippen LogP contribution < -0.4 is 5.32 Å². The van der Waals surface area contributed by atoms with Crippen LogP contribution in [0.3, 0.4) is 0 Å². The second-order valence-electron chi connectivity index (χ2n) is 3.24. The van der Waals surface area contributed by atoms with Gasteiger partial charge in [0.05, 0.1) is 12.0 Å². The van der Waals surface area contributed by atoms with E-state index in [2.05, 4.69) is 10.3 Å². The summed E-state index contributed by atoms with van der Waals surface area (Å²) in [6, 6.07) is 5.87. The Morgan fingerprint density at radius 2 is 2.33 bits per heavy atom. The maximum atomic E-state index is 6.15. The number of hydrogen-bond acceptors (Lipinski definition) is 2. The fourth-order valence-corrected chi connectivity index (χ4v) is 1.78. The van der Waals surface area contributed by atoms with E-state index in [9.17, 15) is 0 Å². The first-order valence-electron chi connectivity index (χ1n) is 4.73. The lowest BCUT2D eigenvalue weighted by atomic mass is 10.1. The smallest absolute Gasteiger partial charge is 0.0991 e. The number of hydrogen-bond donors (Lipinski definition) is 1. The zero-order valence-corrected chi connectivity index (χ0v) is 9.20. The van der Waals surface area contributed by atoms with Crippen LogP contribution >= 0.6 is 11.6 Å². The molecule has 2 aromatic rings. The predicted octanol–water partition coefficient (Wildman–Crippen LogP) is 2.25. The van der Waals surface area contributed by atoms with Crippen LogP contribution in [-0.2, 0) is 6.54 Å². The van der Waals surface area contributed by atoms with Gasteiger partial charge in [0.1, 0.15) is 0 Å². The normalized spacial score (nSPS) is 10.5. The van der Waals surface area contributed by atoms with Crippen LogP contribution in [0, 0.1) is 0 Å². The Bertz CT molecular complexity index is 437. The first kappa shape index (κ1) is 10.2. The fourth-order valence-electron chi connectivity index (χ4n) is 1.54. The van der Waals surface area contributed by atoms with E-state index in [1.54, 1.807) is 12.5 Å². The molecule has 15 heavy (non-hydrogen) atoms. The molecule has 0 bridgehead atoms. The van der Waals surface area contributed by atoms with Gasteiger partial charge in [0, 0.05) is 29.5 Å². The first-order chi connectivity index (χ1) is 7.33. The maximum Gasteiger partial charge on any atom is 0.0991 e. The third-order valence-corrected chi connectivity index (χ3v) is 2.58. The van der Waals surface area contributed by atoms with Crippen molar-refractivity contribution in [2.75, 3.05) is 7.05 Å². The van der Waals surface area contributed by atoms with Crippen LogP contribution in [0.5, 0.6) is 0 Å². The highest BCUT2D eigenvalue weighted by Gasteiger charge is 2.06. The Labute approximate surface area is 93.7 Å². The van der Waals surface area contributed by atoms with Gasteiger partial charge >= 0.3 is 0 Å². The summed E-state index contributed by atoms with van der Waals surface area (Å²) in [6.07, 6.45) is 5.43. The van der Waals surface area contributed by atoms with Crippen molar-refractivity contribution in [2.45, 2.75) is 6.54 Å². The third kappa shape index (κ3) is 2.03. The summed E-state index contributed by atoms with van der Waals surface area (Å²) in [7, 11) is 1.90. The van der Waals surface area contributed by atoms with E-state index in [0.717, 1.165) is 22.8 Å². The molecule has 0 aliphatic rings. The van der Waals surface area contributed by atoms with Gasteiger partial charge in [-0.3, -0.25) is 0 Å². The molecule has 1 N–H and O–H groups in total. The molecule has 0 aliphatic carbocycles. The SMILES string of the molecule is CNCc1c(Cl)cccc1-n1ccnc1. The molecule has 0 radical (unpaired) electrons. The molecule has 1 heterocycles. The van der Waals surface area contributed by atoms with Crippen LogP contribution in [0.4, 0.5) is 0 Å². The Morgan fingerprint density at radius 1 is 1.47 bits per heavy atom. The lowest BCUT2D eigenvalue weighted by Gasteiger charge is -2.11. The quantitative estimate of drug-likeness (QED) is 0.862. The molecule has 0 aliphatic heterocycles. The van der Waals surface area contributed by atoms with Gasteiger partial charge in [-0.1, -0.05) is 17.7 Å². The third-order valence-electron chi connectivity index (χ3n) is 2.23. The number of halogens is 1. The highest BCUT2D eigenvalue weighted by atomic mass is 35.5. The molecule has 2 rings (SSSR count). The summed E-state index contributed by atoms with van der Waals surface area (Å²) in [5, 5.41) is 3.88. The largest absolute Gasteiger partial charge is 0.316 e. The van der Waals surface area contributed by atoms with Crippen LogP contribution in [-0.4, -0.2) is 16.6 Å². The molecule has 0 spiro atoms. The van der Waals surface area contributed by atoms with Crippen molar-refractivity contribution in [1.82, 2.24) is 14.9 Å². The minimum absolute atomic E-state index is 0.743. The van der Waals surface area contributed by atoms with Crippen LogP contribution in [0.15, 0.2) is 36.9 Å². The highest BCUT2D eigenvalue weighted by Crippen LogP contribution is 2.22. The zero-order chi connectivity index (χ0) is 10.7. The minimum atomic E-state index is 0.743. The van der Waals surface area contributed by atoms with Crippen LogP contribution in [0.1, 0.15) is 5.56 Å². The van der Waals surface area contributed by atoms with Crippen molar-refractivity contribution in [1.29, 1.82) is 0 Å². The number of nitrogens with zero attached hydrogens (tertiary/aromatic N) is 2. The molecule has 0 saturated carbocycles. The fraction of sp³-hybridized carbons (Fsp3) is 0.182. The van der Waals surface area contributed by atoms with Crippen molar-refractivity contribution in [3.8, 4) is 5.69 Å². The number of rotatable bonds is 3. The van der Waals surface area contributed by atoms with Crippen molar-refractivity contribution in [2.24, 2.45) is 0 Å². The Kier molecular flexibility index (Phi) is 3.04. The maximum absolute atomic E-state index is 6.15. The molecular weight excluding hydrogens is 210 g/mol. The molecule has 0 amide bonds. The van der Waals surface area contributed by atoms with Gasteiger partial charge in [-0.2, -0.15) is 0 Å². The molecule has 3 nitrogen and oxygen atoms in total. The lowest BCUT2D eigenvalue weighted by Crippen LogP contribution is -2.09. The summed E-state index contributed by atoms with van der Waals surface area (Å²) in [5.41, 5.74) is 2.15. The van der Waals surface area contributed by atoms with E-state index < -0.39 is 0 Å². The molecule has 0 fully saturated rings. The second-order valence-corrected chi connectivity index (χ2v) is 3.64. The van der Waals surface area contributed by atoms with Crippen LogP contribution in [0.2, 0.25) is 5.02 Å². The van der Waals surface area contributed by atoms with Crippen molar-refractivity contribution < 1.29 is 0 Å². The lowest BCUT2D eigenvalue weighted by molar-refractivity contribution is 0.807. The van der Waals surface area contributed by atoms with Gasteiger partial charge in [-0.25, -0.2) is 4.98 Å². The molecule has 1 aromatic carbocycles. The molecule has 78 valence electrons. The predicted molar refractivity (Wildman–Crippen MR) is 61.3 cm³/mol. The van der Waals surface area contributed by atoms with Gasteiger partial charge in [-0.15, -0.1) is 0 Å². The van der Waals surface area contributed by atoms with Gasteiger partial charge in [0.15, 0.2) is 0 Å². The van der Waals surface area contributed by atoms with Crippen molar-refractivity contribution >= 4 is 11.6 Å². The minimum Gasteiger partial charge on any atom is -0.316 e. The van der Waals surface area contributed by atoms with E-state index >= 15 is 0 Å². The van der Waals surface area contributed by atoms with Gasteiger partial charge < -0.3 is 9.88 Å². The number of nitrogens with one attached hydrogen (secondary N) is 1.